The van der Waals surface area contributed by atoms with Crippen LogP contribution in [-0.2, 0) is 6.54 Å². The Bertz CT molecular complexity index is 1250. The van der Waals surface area contributed by atoms with Gasteiger partial charge in [0.15, 0.2) is 23.0 Å². The fraction of sp³-hybridized carbons (Fsp3) is 0.217. The van der Waals surface area contributed by atoms with Gasteiger partial charge in [0.2, 0.25) is 0 Å². The molecule has 2 aromatic carbocycles. The number of nitrogens with zero attached hydrogens (tertiary/aromatic N) is 4. The molecule has 1 N–H and O–H groups in total. The van der Waals surface area contributed by atoms with Gasteiger partial charge in [0.25, 0.3) is 0 Å². The van der Waals surface area contributed by atoms with Crippen LogP contribution in [0.3, 0.4) is 0 Å². The van der Waals surface area contributed by atoms with Gasteiger partial charge < -0.3 is 14.5 Å². The van der Waals surface area contributed by atoms with E-state index >= 15 is 0 Å². The number of piperazine rings is 1. The van der Waals surface area contributed by atoms with Crippen LogP contribution in [0.5, 0.6) is 5.75 Å². The van der Waals surface area contributed by atoms with Crippen molar-refractivity contribution >= 4 is 16.8 Å². The van der Waals surface area contributed by atoms with Crippen LogP contribution >= 0.6 is 0 Å². The second kappa shape index (κ2) is 8.16. The smallest absolute Gasteiger partial charge is 0.194 e. The molecule has 0 atom stereocenters. The van der Waals surface area contributed by atoms with Crippen molar-refractivity contribution in [1.82, 2.24) is 15.0 Å². The molecule has 1 aliphatic rings. The maximum atomic E-state index is 13.7. The molecule has 0 unspecified atom stereocenters. The van der Waals surface area contributed by atoms with Gasteiger partial charge in [-0.2, -0.15) is 0 Å². The third-order valence-electron chi connectivity index (χ3n) is 5.70. The molecule has 0 saturated carbocycles. The molecule has 0 aliphatic carbocycles. The van der Waals surface area contributed by atoms with Gasteiger partial charge in [-0.25, -0.2) is 18.2 Å². The molecule has 32 heavy (non-hydrogen) atoms. The number of rotatable bonds is 4. The molecule has 6 nitrogen and oxygen atoms in total. The van der Waals surface area contributed by atoms with Gasteiger partial charge in [-0.1, -0.05) is 11.2 Å². The Kier molecular flexibility index (Phi) is 5.18. The molecular weight excluding hydrogens is 421 g/mol. The third-order valence-corrected chi connectivity index (χ3v) is 5.70. The number of phenolic OH excluding ortho intramolecular Hbond substituents is 1. The van der Waals surface area contributed by atoms with E-state index in [9.17, 15) is 18.3 Å². The third kappa shape index (κ3) is 3.64. The van der Waals surface area contributed by atoms with Gasteiger partial charge in [0.1, 0.15) is 17.3 Å². The van der Waals surface area contributed by atoms with Gasteiger partial charge >= 0.3 is 0 Å². The zero-order chi connectivity index (χ0) is 22.2. The van der Waals surface area contributed by atoms with Crippen LogP contribution in [0.4, 0.5) is 19.0 Å². The molecular formula is C23H19F3N4O2. The topological polar surface area (TPSA) is 65.6 Å². The summed E-state index contributed by atoms with van der Waals surface area (Å²) in [4.78, 5) is 8.75. The Balaban J connectivity index is 1.40. The summed E-state index contributed by atoms with van der Waals surface area (Å²) in [6.07, 6.45) is 1.76. The Labute approximate surface area is 181 Å². The standard InChI is InChI=1S/C23H19F3N4O2/c24-17-11-14(12-18(25)21(17)26)22-15-4-5-19(31)16(23(15)32-28-22)13-29-7-9-30(10-8-29)20-3-1-2-6-27-20/h1-6,11-12,31H,7-10,13H2. The summed E-state index contributed by atoms with van der Waals surface area (Å²) >= 11 is 0. The number of phenols is 1. The van der Waals surface area contributed by atoms with Crippen LogP contribution < -0.4 is 4.90 Å². The van der Waals surface area contributed by atoms with Crippen molar-refractivity contribution in [3.05, 3.63) is 71.7 Å². The first kappa shape index (κ1) is 20.3. The number of anilines is 1. The molecule has 9 heteroatoms. The summed E-state index contributed by atoms with van der Waals surface area (Å²) in [5, 5.41) is 14.9. The Morgan fingerprint density at radius 1 is 0.969 bits per heavy atom. The summed E-state index contributed by atoms with van der Waals surface area (Å²) in [7, 11) is 0. The Hall–Kier alpha value is -3.59. The van der Waals surface area contributed by atoms with Crippen LogP contribution in [0.1, 0.15) is 5.56 Å². The number of aromatic hydroxyl groups is 1. The lowest BCUT2D eigenvalue weighted by Crippen LogP contribution is -2.46. The lowest BCUT2D eigenvalue weighted by atomic mass is 10.0. The van der Waals surface area contributed by atoms with Crippen molar-refractivity contribution in [3.63, 3.8) is 0 Å². The SMILES string of the molecule is Oc1ccc2c(-c3cc(F)c(F)c(F)c3)noc2c1CN1CCN(c2ccccn2)CC1. The van der Waals surface area contributed by atoms with Crippen LogP contribution in [0, 0.1) is 17.5 Å². The van der Waals surface area contributed by atoms with Gasteiger partial charge in [-0.3, -0.25) is 4.90 Å². The van der Waals surface area contributed by atoms with E-state index in [0.717, 1.165) is 44.1 Å². The van der Waals surface area contributed by atoms with E-state index < -0.39 is 17.5 Å². The highest BCUT2D eigenvalue weighted by molar-refractivity contribution is 5.94. The highest BCUT2D eigenvalue weighted by atomic mass is 19.2. The maximum absolute atomic E-state index is 13.7. The van der Waals surface area contributed by atoms with E-state index in [1.165, 1.54) is 6.07 Å². The quantitative estimate of drug-likeness (QED) is 0.477. The van der Waals surface area contributed by atoms with Crippen molar-refractivity contribution in [3.8, 4) is 17.0 Å². The van der Waals surface area contributed by atoms with Crippen LogP contribution in [0.15, 0.2) is 53.2 Å². The van der Waals surface area contributed by atoms with E-state index in [-0.39, 0.29) is 17.0 Å². The first-order valence-corrected chi connectivity index (χ1v) is 10.1. The van der Waals surface area contributed by atoms with E-state index in [1.807, 2.05) is 18.2 Å². The summed E-state index contributed by atoms with van der Waals surface area (Å²) in [5.41, 5.74) is 1.10. The molecule has 0 radical (unpaired) electrons. The number of aromatic nitrogens is 2. The highest BCUT2D eigenvalue weighted by Gasteiger charge is 2.23. The second-order valence-electron chi connectivity index (χ2n) is 7.68. The molecule has 0 spiro atoms. The first-order valence-electron chi connectivity index (χ1n) is 10.1. The summed E-state index contributed by atoms with van der Waals surface area (Å²) < 4.78 is 46.2. The Morgan fingerprint density at radius 3 is 2.41 bits per heavy atom. The summed E-state index contributed by atoms with van der Waals surface area (Å²) in [5.74, 6) is -3.17. The van der Waals surface area contributed by atoms with Crippen molar-refractivity contribution in [2.24, 2.45) is 0 Å². The zero-order valence-electron chi connectivity index (χ0n) is 16.9. The average molecular weight is 440 g/mol. The number of pyridine rings is 1. The van der Waals surface area contributed by atoms with Crippen molar-refractivity contribution in [1.29, 1.82) is 0 Å². The number of fused-ring (bicyclic) bond motifs is 1. The lowest BCUT2D eigenvalue weighted by Gasteiger charge is -2.35. The number of halogens is 3. The van der Waals surface area contributed by atoms with Crippen LogP contribution in [0.25, 0.3) is 22.2 Å². The monoisotopic (exact) mass is 440 g/mol. The molecule has 4 aromatic rings. The van der Waals surface area contributed by atoms with E-state index in [1.54, 1.807) is 12.3 Å². The molecule has 1 saturated heterocycles. The predicted molar refractivity (Wildman–Crippen MR) is 113 cm³/mol. The van der Waals surface area contributed by atoms with Crippen LogP contribution in [0.2, 0.25) is 0 Å². The molecule has 5 rings (SSSR count). The fourth-order valence-electron chi connectivity index (χ4n) is 4.00. The van der Waals surface area contributed by atoms with Gasteiger partial charge in [-0.15, -0.1) is 0 Å². The highest BCUT2D eigenvalue weighted by Crippen LogP contribution is 2.35. The number of hydrogen-bond donors (Lipinski definition) is 1. The van der Waals surface area contributed by atoms with Crippen molar-refractivity contribution in [2.45, 2.75) is 6.54 Å². The van der Waals surface area contributed by atoms with E-state index in [0.29, 0.717) is 23.1 Å². The van der Waals surface area contributed by atoms with Crippen molar-refractivity contribution < 1.29 is 22.8 Å². The average Bonchev–Trinajstić information content (AvgIpc) is 3.24. The summed E-state index contributed by atoms with van der Waals surface area (Å²) in [6, 6.07) is 10.6. The summed E-state index contributed by atoms with van der Waals surface area (Å²) in [6.45, 7) is 3.48. The van der Waals surface area contributed by atoms with Crippen LogP contribution in [-0.4, -0.2) is 46.3 Å². The number of hydrogen-bond acceptors (Lipinski definition) is 6. The number of benzene rings is 2. The van der Waals surface area contributed by atoms with E-state index in [4.69, 9.17) is 4.52 Å². The molecule has 3 heterocycles. The fourth-order valence-corrected chi connectivity index (χ4v) is 4.00. The van der Waals surface area contributed by atoms with E-state index in [2.05, 4.69) is 19.9 Å². The molecule has 0 amide bonds. The maximum Gasteiger partial charge on any atom is 0.194 e. The minimum atomic E-state index is -1.54. The zero-order valence-corrected chi connectivity index (χ0v) is 16.9. The molecule has 1 fully saturated rings. The first-order chi connectivity index (χ1) is 15.5. The minimum absolute atomic E-state index is 0.0452. The normalized spacial score (nSPS) is 14.9. The molecule has 1 aliphatic heterocycles. The molecule has 2 aromatic heterocycles. The minimum Gasteiger partial charge on any atom is -0.507 e. The van der Waals surface area contributed by atoms with Gasteiger partial charge in [0.05, 0.1) is 10.9 Å². The van der Waals surface area contributed by atoms with Gasteiger partial charge in [0, 0.05) is 44.5 Å². The predicted octanol–water partition coefficient (Wildman–Crippen LogP) is 4.33. The largest absolute Gasteiger partial charge is 0.507 e. The lowest BCUT2D eigenvalue weighted by molar-refractivity contribution is 0.245. The molecule has 0 bridgehead atoms. The second-order valence-corrected chi connectivity index (χ2v) is 7.68. The molecule has 164 valence electrons. The Morgan fingerprint density at radius 2 is 1.72 bits per heavy atom. The van der Waals surface area contributed by atoms with Crippen molar-refractivity contribution in [2.75, 3.05) is 31.1 Å². The van der Waals surface area contributed by atoms with Gasteiger partial charge in [-0.05, 0) is 36.4 Å².